The van der Waals surface area contributed by atoms with Crippen LogP contribution in [-0.2, 0) is 19.1 Å². The van der Waals surface area contributed by atoms with Crippen molar-refractivity contribution in [2.24, 2.45) is 23.7 Å². The largest absolute Gasteiger partial charge is 0.469 e. The van der Waals surface area contributed by atoms with E-state index in [0.717, 1.165) is 12.7 Å². The Hall–Kier alpha value is -1.58. The van der Waals surface area contributed by atoms with Gasteiger partial charge in [0.25, 0.3) is 0 Å². The second-order valence-corrected chi connectivity index (χ2v) is 4.13. The molecular formula is C12H14O4. The molecule has 2 aliphatic rings. The van der Waals surface area contributed by atoms with E-state index in [1.807, 2.05) is 12.2 Å². The van der Waals surface area contributed by atoms with Gasteiger partial charge in [-0.2, -0.15) is 0 Å². The molecule has 0 saturated heterocycles. The molecule has 1 fully saturated rings. The molecule has 1 saturated carbocycles. The third-order valence-corrected chi connectivity index (χ3v) is 3.40. The van der Waals surface area contributed by atoms with Crippen molar-refractivity contribution >= 4 is 11.9 Å². The SMILES string of the molecule is C=COC(=O)C1C2C=CC(C2)C1C(=O)OC. The Labute approximate surface area is 93.9 Å². The molecular weight excluding hydrogens is 208 g/mol. The number of allylic oxidation sites excluding steroid dienone is 2. The van der Waals surface area contributed by atoms with Crippen LogP contribution in [0, 0.1) is 23.7 Å². The van der Waals surface area contributed by atoms with E-state index in [9.17, 15) is 9.59 Å². The molecule has 0 aromatic heterocycles. The first-order chi connectivity index (χ1) is 7.69. The molecule has 2 rings (SSSR count). The summed E-state index contributed by atoms with van der Waals surface area (Å²) in [5, 5.41) is 0. The van der Waals surface area contributed by atoms with Crippen molar-refractivity contribution in [3.8, 4) is 0 Å². The summed E-state index contributed by atoms with van der Waals surface area (Å²) in [6.45, 7) is 3.35. The third-order valence-electron chi connectivity index (χ3n) is 3.40. The van der Waals surface area contributed by atoms with Crippen molar-refractivity contribution in [1.82, 2.24) is 0 Å². The number of hydrogen-bond donors (Lipinski definition) is 0. The van der Waals surface area contributed by atoms with Gasteiger partial charge in [-0.25, -0.2) is 0 Å². The molecule has 2 aliphatic carbocycles. The fourth-order valence-electron chi connectivity index (χ4n) is 2.76. The van der Waals surface area contributed by atoms with Gasteiger partial charge in [0.2, 0.25) is 0 Å². The van der Waals surface area contributed by atoms with E-state index in [-0.39, 0.29) is 23.8 Å². The highest BCUT2D eigenvalue weighted by molar-refractivity contribution is 5.84. The first-order valence-electron chi connectivity index (χ1n) is 5.26. The van der Waals surface area contributed by atoms with Gasteiger partial charge in [-0.05, 0) is 18.3 Å². The maximum absolute atomic E-state index is 11.7. The highest BCUT2D eigenvalue weighted by Crippen LogP contribution is 2.48. The van der Waals surface area contributed by atoms with Gasteiger partial charge in [-0.15, -0.1) is 0 Å². The van der Waals surface area contributed by atoms with Crippen LogP contribution in [0.5, 0.6) is 0 Å². The number of methoxy groups -OCH3 is 1. The summed E-state index contributed by atoms with van der Waals surface area (Å²) in [5.41, 5.74) is 0. The quantitative estimate of drug-likeness (QED) is 0.410. The molecule has 0 radical (unpaired) electrons. The van der Waals surface area contributed by atoms with Gasteiger partial charge < -0.3 is 9.47 Å². The molecule has 0 aromatic rings. The van der Waals surface area contributed by atoms with Crippen LogP contribution in [0.4, 0.5) is 0 Å². The summed E-state index contributed by atoms with van der Waals surface area (Å²) < 4.78 is 9.53. The lowest BCUT2D eigenvalue weighted by atomic mass is 9.83. The molecule has 4 heteroatoms. The molecule has 0 spiro atoms. The highest BCUT2D eigenvalue weighted by Gasteiger charge is 2.52. The second kappa shape index (κ2) is 4.12. The van der Waals surface area contributed by atoms with Crippen molar-refractivity contribution < 1.29 is 19.1 Å². The molecule has 0 amide bonds. The van der Waals surface area contributed by atoms with Gasteiger partial charge in [-0.3, -0.25) is 9.59 Å². The lowest BCUT2D eigenvalue weighted by Crippen LogP contribution is -2.34. The minimum atomic E-state index is -0.416. The zero-order valence-electron chi connectivity index (χ0n) is 9.09. The van der Waals surface area contributed by atoms with E-state index in [1.54, 1.807) is 0 Å². The van der Waals surface area contributed by atoms with Gasteiger partial charge in [0.05, 0.1) is 25.2 Å². The van der Waals surface area contributed by atoms with E-state index in [2.05, 4.69) is 6.58 Å². The molecule has 2 bridgehead atoms. The number of fused-ring (bicyclic) bond motifs is 2. The summed E-state index contributed by atoms with van der Waals surface area (Å²) in [6.07, 6.45) is 5.91. The Morgan fingerprint density at radius 1 is 1.25 bits per heavy atom. The maximum Gasteiger partial charge on any atom is 0.315 e. The fraction of sp³-hybridized carbons (Fsp3) is 0.500. The molecule has 86 valence electrons. The van der Waals surface area contributed by atoms with Crippen LogP contribution in [0.15, 0.2) is 25.0 Å². The number of carbonyl (C=O) groups excluding carboxylic acids is 2. The fourth-order valence-corrected chi connectivity index (χ4v) is 2.76. The summed E-state index contributed by atoms with van der Waals surface area (Å²) >= 11 is 0. The van der Waals surface area contributed by atoms with Crippen LogP contribution < -0.4 is 0 Å². The summed E-state index contributed by atoms with van der Waals surface area (Å²) in [7, 11) is 1.34. The Bertz CT molecular complexity index is 358. The van der Waals surface area contributed by atoms with E-state index < -0.39 is 11.8 Å². The molecule has 0 aliphatic heterocycles. The van der Waals surface area contributed by atoms with Crippen molar-refractivity contribution in [2.75, 3.05) is 7.11 Å². The topological polar surface area (TPSA) is 52.6 Å². The Morgan fingerprint density at radius 2 is 1.81 bits per heavy atom. The number of rotatable bonds is 3. The van der Waals surface area contributed by atoms with Gasteiger partial charge >= 0.3 is 11.9 Å². The Balaban J connectivity index is 2.21. The minimum Gasteiger partial charge on any atom is -0.469 e. The lowest BCUT2D eigenvalue weighted by molar-refractivity contribution is -0.156. The zero-order valence-corrected chi connectivity index (χ0v) is 9.09. The Kier molecular flexibility index (Phi) is 2.81. The van der Waals surface area contributed by atoms with E-state index in [1.165, 1.54) is 7.11 Å². The summed E-state index contributed by atoms with van der Waals surface area (Å²) in [6, 6.07) is 0. The van der Waals surface area contributed by atoms with Crippen LogP contribution >= 0.6 is 0 Å². The van der Waals surface area contributed by atoms with Gasteiger partial charge in [0.1, 0.15) is 0 Å². The van der Waals surface area contributed by atoms with Crippen molar-refractivity contribution in [3.63, 3.8) is 0 Å². The predicted octanol–water partition coefficient (Wildman–Crippen LogP) is 1.28. The standard InChI is InChI=1S/C12H14O4/c1-3-16-12(14)10-8-5-4-7(6-8)9(10)11(13)15-2/h3-5,7-10H,1,6H2,2H3. The molecule has 4 atom stereocenters. The summed E-state index contributed by atoms with van der Waals surface area (Å²) in [4.78, 5) is 23.4. The average molecular weight is 222 g/mol. The maximum atomic E-state index is 11.7. The molecule has 0 aromatic carbocycles. The molecule has 0 N–H and O–H groups in total. The van der Waals surface area contributed by atoms with E-state index in [0.29, 0.717) is 0 Å². The first kappa shape index (κ1) is 10.9. The van der Waals surface area contributed by atoms with Crippen LogP contribution in [0.25, 0.3) is 0 Å². The van der Waals surface area contributed by atoms with Crippen LogP contribution in [-0.4, -0.2) is 19.0 Å². The average Bonchev–Trinajstić information content (AvgIpc) is 2.87. The number of esters is 2. The van der Waals surface area contributed by atoms with Gasteiger partial charge in [-0.1, -0.05) is 18.7 Å². The van der Waals surface area contributed by atoms with Crippen LogP contribution in [0.1, 0.15) is 6.42 Å². The normalized spacial score (nSPS) is 34.8. The van der Waals surface area contributed by atoms with E-state index >= 15 is 0 Å². The smallest absolute Gasteiger partial charge is 0.315 e. The number of ether oxygens (including phenoxy) is 2. The van der Waals surface area contributed by atoms with Crippen molar-refractivity contribution in [1.29, 1.82) is 0 Å². The summed E-state index contributed by atoms with van der Waals surface area (Å²) in [5.74, 6) is -1.32. The van der Waals surface area contributed by atoms with Crippen LogP contribution in [0.3, 0.4) is 0 Å². The number of hydrogen-bond acceptors (Lipinski definition) is 4. The van der Waals surface area contributed by atoms with Gasteiger partial charge in [0, 0.05) is 0 Å². The number of carbonyl (C=O) groups is 2. The monoisotopic (exact) mass is 222 g/mol. The molecule has 16 heavy (non-hydrogen) atoms. The predicted molar refractivity (Wildman–Crippen MR) is 56.0 cm³/mol. The minimum absolute atomic E-state index is 0.0987. The molecule has 4 unspecified atom stereocenters. The molecule has 4 nitrogen and oxygen atoms in total. The Morgan fingerprint density at radius 3 is 2.31 bits per heavy atom. The van der Waals surface area contributed by atoms with Crippen LogP contribution in [0.2, 0.25) is 0 Å². The highest BCUT2D eigenvalue weighted by atomic mass is 16.5. The zero-order chi connectivity index (χ0) is 11.7. The van der Waals surface area contributed by atoms with E-state index in [4.69, 9.17) is 9.47 Å². The second-order valence-electron chi connectivity index (χ2n) is 4.13. The lowest BCUT2D eigenvalue weighted by Gasteiger charge is -2.23. The molecule has 0 heterocycles. The van der Waals surface area contributed by atoms with Crippen molar-refractivity contribution in [2.45, 2.75) is 6.42 Å². The first-order valence-corrected chi connectivity index (χ1v) is 5.26. The third kappa shape index (κ3) is 1.54. The van der Waals surface area contributed by atoms with Crippen molar-refractivity contribution in [3.05, 3.63) is 25.0 Å². The van der Waals surface area contributed by atoms with Gasteiger partial charge in [0.15, 0.2) is 0 Å².